The summed E-state index contributed by atoms with van der Waals surface area (Å²) in [7, 11) is 0. The van der Waals surface area contributed by atoms with Gasteiger partial charge in [0.15, 0.2) is 11.5 Å². The Morgan fingerprint density at radius 3 is 2.78 bits per heavy atom. The van der Waals surface area contributed by atoms with Gasteiger partial charge < -0.3 is 20.1 Å². The number of rotatable bonds is 4. The molecule has 126 valence electrons. The summed E-state index contributed by atoms with van der Waals surface area (Å²) in [6.45, 7) is 3.44. The third-order valence-corrected chi connectivity index (χ3v) is 5.61. The second-order valence-corrected chi connectivity index (χ2v) is 7.12. The summed E-state index contributed by atoms with van der Waals surface area (Å²) in [6.07, 6.45) is 8.14. The Balaban J connectivity index is 1.36. The average Bonchev–Trinajstić information content (AvgIpc) is 3.09. The summed E-state index contributed by atoms with van der Waals surface area (Å²) in [5.74, 6) is 2.57. The fourth-order valence-electron chi connectivity index (χ4n) is 4.41. The maximum atomic E-state index is 5.69. The van der Waals surface area contributed by atoms with Gasteiger partial charge in [0.05, 0.1) is 0 Å². The van der Waals surface area contributed by atoms with Crippen LogP contribution in [0.15, 0.2) is 18.2 Å². The van der Waals surface area contributed by atoms with E-state index >= 15 is 0 Å². The lowest BCUT2D eigenvalue weighted by atomic mass is 9.88. The maximum Gasteiger partial charge on any atom is 0.161 e. The highest BCUT2D eigenvalue weighted by atomic mass is 16.6. The average molecular weight is 316 g/mol. The van der Waals surface area contributed by atoms with Crippen molar-refractivity contribution in [3.63, 3.8) is 0 Å². The first kappa shape index (κ1) is 15.3. The molecule has 4 rings (SSSR count). The summed E-state index contributed by atoms with van der Waals surface area (Å²) >= 11 is 0. The van der Waals surface area contributed by atoms with Crippen molar-refractivity contribution in [1.29, 1.82) is 0 Å². The minimum absolute atomic E-state index is 0.652. The molecule has 1 saturated carbocycles. The molecule has 4 nitrogen and oxygen atoms in total. The highest BCUT2D eigenvalue weighted by molar-refractivity contribution is 5.43. The largest absolute Gasteiger partial charge is 0.486 e. The number of fused-ring (bicyclic) bond motifs is 1. The van der Waals surface area contributed by atoms with Gasteiger partial charge in [-0.3, -0.25) is 0 Å². The molecule has 0 bridgehead atoms. The van der Waals surface area contributed by atoms with Gasteiger partial charge in [0, 0.05) is 18.6 Å². The van der Waals surface area contributed by atoms with Crippen LogP contribution in [0.4, 0.5) is 0 Å². The van der Waals surface area contributed by atoms with E-state index in [1.165, 1.54) is 50.6 Å². The quantitative estimate of drug-likeness (QED) is 0.896. The van der Waals surface area contributed by atoms with Crippen molar-refractivity contribution >= 4 is 0 Å². The molecule has 2 fully saturated rings. The predicted molar refractivity (Wildman–Crippen MR) is 91.0 cm³/mol. The van der Waals surface area contributed by atoms with Crippen LogP contribution in [0, 0.1) is 5.92 Å². The summed E-state index contributed by atoms with van der Waals surface area (Å²) in [6, 6.07) is 7.70. The lowest BCUT2D eigenvalue weighted by molar-refractivity contribution is 0.171. The summed E-state index contributed by atoms with van der Waals surface area (Å²) in [5, 5.41) is 7.57. The van der Waals surface area contributed by atoms with Crippen molar-refractivity contribution in [2.75, 3.05) is 19.8 Å². The third-order valence-electron chi connectivity index (χ3n) is 5.61. The van der Waals surface area contributed by atoms with Crippen LogP contribution in [0.2, 0.25) is 0 Å². The Morgan fingerprint density at radius 2 is 1.91 bits per heavy atom. The molecule has 3 atom stereocenters. The number of benzene rings is 1. The van der Waals surface area contributed by atoms with Crippen LogP contribution in [-0.2, 0) is 6.54 Å². The lowest BCUT2D eigenvalue weighted by Crippen LogP contribution is -2.46. The standard InChI is InChI=1S/C19H28N2O2/c1-2-9-20-16(5-1)15-4-3-6-17(15)21-13-14-7-8-18-19(12-14)23-11-10-22-18/h7-8,12,15-17,20-21H,1-6,9-11,13H2. The Kier molecular flexibility index (Phi) is 4.72. The Labute approximate surface area is 138 Å². The Morgan fingerprint density at radius 1 is 1.00 bits per heavy atom. The molecule has 2 N–H and O–H groups in total. The fraction of sp³-hybridized carbons (Fsp3) is 0.684. The van der Waals surface area contributed by atoms with E-state index in [4.69, 9.17) is 9.47 Å². The van der Waals surface area contributed by atoms with Gasteiger partial charge in [-0.15, -0.1) is 0 Å². The number of ether oxygens (including phenoxy) is 2. The summed E-state index contributed by atoms with van der Waals surface area (Å²) in [4.78, 5) is 0. The minimum atomic E-state index is 0.652. The van der Waals surface area contributed by atoms with Crippen LogP contribution in [0.25, 0.3) is 0 Å². The van der Waals surface area contributed by atoms with Crippen LogP contribution in [-0.4, -0.2) is 31.8 Å². The number of hydrogen-bond donors (Lipinski definition) is 2. The van der Waals surface area contributed by atoms with Gasteiger partial charge in [-0.1, -0.05) is 18.9 Å². The second-order valence-electron chi connectivity index (χ2n) is 7.12. The Hall–Kier alpha value is -1.26. The zero-order chi connectivity index (χ0) is 15.5. The van der Waals surface area contributed by atoms with Crippen LogP contribution in [0.1, 0.15) is 44.1 Å². The van der Waals surface area contributed by atoms with E-state index in [2.05, 4.69) is 22.8 Å². The van der Waals surface area contributed by atoms with E-state index in [0.29, 0.717) is 19.3 Å². The molecule has 1 saturated heterocycles. The first-order valence-electron chi connectivity index (χ1n) is 9.25. The van der Waals surface area contributed by atoms with Gasteiger partial charge in [0.1, 0.15) is 13.2 Å². The molecule has 1 aromatic rings. The van der Waals surface area contributed by atoms with Crippen molar-refractivity contribution in [2.45, 2.75) is 57.2 Å². The predicted octanol–water partition coefficient (Wildman–Crippen LogP) is 2.86. The van der Waals surface area contributed by atoms with Gasteiger partial charge in [-0.25, -0.2) is 0 Å². The highest BCUT2D eigenvalue weighted by Gasteiger charge is 2.33. The molecule has 0 aromatic heterocycles. The monoisotopic (exact) mass is 316 g/mol. The number of hydrogen-bond acceptors (Lipinski definition) is 4. The molecule has 1 aromatic carbocycles. The van der Waals surface area contributed by atoms with Crippen LogP contribution in [0.3, 0.4) is 0 Å². The molecule has 3 aliphatic rings. The van der Waals surface area contributed by atoms with Gasteiger partial charge in [0.2, 0.25) is 0 Å². The fourth-order valence-corrected chi connectivity index (χ4v) is 4.41. The summed E-state index contributed by atoms with van der Waals surface area (Å²) < 4.78 is 11.3. The molecular formula is C19H28N2O2. The molecule has 0 spiro atoms. The van der Waals surface area contributed by atoms with Gasteiger partial charge in [-0.2, -0.15) is 0 Å². The second kappa shape index (κ2) is 7.10. The van der Waals surface area contributed by atoms with Gasteiger partial charge in [0.25, 0.3) is 0 Å². The molecule has 0 radical (unpaired) electrons. The first-order chi connectivity index (χ1) is 11.4. The van der Waals surface area contributed by atoms with Gasteiger partial charge in [-0.05, 0) is 55.8 Å². The van der Waals surface area contributed by atoms with Crippen molar-refractivity contribution in [2.24, 2.45) is 5.92 Å². The van der Waals surface area contributed by atoms with Crippen LogP contribution >= 0.6 is 0 Å². The smallest absolute Gasteiger partial charge is 0.161 e. The SMILES string of the molecule is c1cc2c(cc1CNC1CCCC1C1CCCCN1)OCCO2. The van der Waals surface area contributed by atoms with Crippen molar-refractivity contribution in [3.05, 3.63) is 23.8 Å². The van der Waals surface area contributed by atoms with E-state index in [0.717, 1.165) is 30.0 Å². The molecule has 1 aliphatic carbocycles. The highest BCUT2D eigenvalue weighted by Crippen LogP contribution is 2.33. The van der Waals surface area contributed by atoms with E-state index in [1.54, 1.807) is 0 Å². The topological polar surface area (TPSA) is 42.5 Å². The maximum absolute atomic E-state index is 5.69. The number of piperidine rings is 1. The van der Waals surface area contributed by atoms with E-state index in [-0.39, 0.29) is 0 Å². The van der Waals surface area contributed by atoms with Crippen molar-refractivity contribution in [1.82, 2.24) is 10.6 Å². The molecule has 23 heavy (non-hydrogen) atoms. The minimum Gasteiger partial charge on any atom is -0.486 e. The zero-order valence-corrected chi connectivity index (χ0v) is 13.9. The van der Waals surface area contributed by atoms with Crippen molar-refractivity contribution < 1.29 is 9.47 Å². The van der Waals surface area contributed by atoms with Gasteiger partial charge >= 0.3 is 0 Å². The third kappa shape index (κ3) is 3.48. The Bertz CT molecular complexity index is 528. The molecule has 2 aliphatic heterocycles. The normalized spacial score (nSPS) is 30.3. The first-order valence-corrected chi connectivity index (χ1v) is 9.25. The van der Waals surface area contributed by atoms with Crippen LogP contribution in [0.5, 0.6) is 11.5 Å². The molecule has 3 unspecified atom stereocenters. The van der Waals surface area contributed by atoms with E-state index < -0.39 is 0 Å². The molecule has 2 heterocycles. The zero-order valence-electron chi connectivity index (χ0n) is 13.9. The van der Waals surface area contributed by atoms with E-state index in [1.807, 2.05) is 6.07 Å². The lowest BCUT2D eigenvalue weighted by Gasteiger charge is -2.33. The number of nitrogens with one attached hydrogen (secondary N) is 2. The molecule has 4 heteroatoms. The van der Waals surface area contributed by atoms with E-state index in [9.17, 15) is 0 Å². The van der Waals surface area contributed by atoms with Crippen molar-refractivity contribution in [3.8, 4) is 11.5 Å². The molecule has 0 amide bonds. The van der Waals surface area contributed by atoms with Crippen LogP contribution < -0.4 is 20.1 Å². The summed E-state index contributed by atoms with van der Waals surface area (Å²) in [5.41, 5.74) is 1.29. The molecular weight excluding hydrogens is 288 g/mol.